The van der Waals surface area contributed by atoms with Gasteiger partial charge in [-0.2, -0.15) is 0 Å². The van der Waals surface area contributed by atoms with Crippen molar-refractivity contribution in [3.8, 4) is 5.75 Å². The lowest BCUT2D eigenvalue weighted by molar-refractivity contribution is -0.126. The highest BCUT2D eigenvalue weighted by Gasteiger charge is 2.42. The van der Waals surface area contributed by atoms with Crippen LogP contribution >= 0.6 is 0 Å². The minimum absolute atomic E-state index is 0.0308. The summed E-state index contributed by atoms with van der Waals surface area (Å²) in [5.41, 5.74) is 2.99. The molecule has 1 aromatic heterocycles. The van der Waals surface area contributed by atoms with Crippen molar-refractivity contribution in [3.63, 3.8) is 0 Å². The monoisotopic (exact) mass is 447 g/mol. The molecule has 0 radical (unpaired) electrons. The molecule has 2 aliphatic rings. The molecule has 0 unspecified atom stereocenters. The van der Waals surface area contributed by atoms with Gasteiger partial charge in [0.15, 0.2) is 0 Å². The molecule has 0 saturated carbocycles. The second-order valence-electron chi connectivity index (χ2n) is 8.42. The van der Waals surface area contributed by atoms with Gasteiger partial charge >= 0.3 is 0 Å². The predicted molar refractivity (Wildman–Crippen MR) is 124 cm³/mol. The number of halogens is 1. The molecular weight excluding hydrogens is 421 g/mol. The highest BCUT2D eigenvalue weighted by molar-refractivity contribution is 5.82. The van der Waals surface area contributed by atoms with Crippen LogP contribution in [0.5, 0.6) is 5.75 Å². The number of carbonyl (C=O) groups excluding carboxylic acids is 1. The first-order valence-corrected chi connectivity index (χ1v) is 11.1. The predicted octanol–water partition coefficient (Wildman–Crippen LogP) is 2.81. The summed E-state index contributed by atoms with van der Waals surface area (Å²) >= 11 is 0. The summed E-state index contributed by atoms with van der Waals surface area (Å²) < 4.78 is 19.0. The van der Waals surface area contributed by atoms with Crippen LogP contribution in [0, 0.1) is 11.7 Å². The maximum Gasteiger partial charge on any atom is 0.225 e. The fourth-order valence-electron chi connectivity index (χ4n) is 4.83. The van der Waals surface area contributed by atoms with Crippen LogP contribution in [0.4, 0.5) is 15.9 Å². The first kappa shape index (κ1) is 21.2. The van der Waals surface area contributed by atoms with E-state index < -0.39 is 0 Å². The summed E-state index contributed by atoms with van der Waals surface area (Å²) in [6.45, 7) is 2.50. The van der Waals surface area contributed by atoms with E-state index in [0.717, 1.165) is 41.5 Å². The van der Waals surface area contributed by atoms with Crippen LogP contribution in [-0.2, 0) is 17.8 Å². The third-order valence-corrected chi connectivity index (χ3v) is 6.49. The quantitative estimate of drug-likeness (QED) is 0.649. The number of anilines is 2. The molecule has 8 heteroatoms. The van der Waals surface area contributed by atoms with E-state index in [1.165, 1.54) is 12.1 Å². The maximum absolute atomic E-state index is 13.6. The van der Waals surface area contributed by atoms with Gasteiger partial charge in [0, 0.05) is 50.3 Å². The van der Waals surface area contributed by atoms with Crippen molar-refractivity contribution >= 4 is 17.4 Å². The van der Waals surface area contributed by atoms with Crippen LogP contribution in [0.3, 0.4) is 0 Å². The van der Waals surface area contributed by atoms with E-state index in [2.05, 4.69) is 31.2 Å². The molecule has 3 aromatic rings. The topological polar surface area (TPSA) is 70.6 Å². The van der Waals surface area contributed by atoms with Crippen molar-refractivity contribution in [1.82, 2.24) is 15.3 Å². The van der Waals surface area contributed by atoms with Crippen molar-refractivity contribution in [2.75, 3.05) is 36.5 Å². The molecule has 1 N–H and O–H groups in total. The molecule has 7 nitrogen and oxygen atoms in total. The van der Waals surface area contributed by atoms with E-state index in [1.54, 1.807) is 31.8 Å². The van der Waals surface area contributed by atoms with Gasteiger partial charge in [-0.05, 0) is 35.7 Å². The minimum Gasteiger partial charge on any atom is -0.497 e. The third kappa shape index (κ3) is 4.33. The highest BCUT2D eigenvalue weighted by Crippen LogP contribution is 2.38. The molecule has 1 saturated heterocycles. The molecule has 2 aromatic carbocycles. The number of methoxy groups -OCH3 is 1. The molecule has 0 aliphatic carbocycles. The second-order valence-corrected chi connectivity index (χ2v) is 8.42. The molecule has 170 valence electrons. The number of aromatic nitrogens is 2. The second kappa shape index (κ2) is 9.05. The lowest BCUT2D eigenvalue weighted by Gasteiger charge is -2.49. The molecule has 5 rings (SSSR count). The molecule has 2 aliphatic heterocycles. The van der Waals surface area contributed by atoms with Crippen molar-refractivity contribution in [2.24, 2.45) is 5.92 Å². The lowest BCUT2D eigenvalue weighted by atomic mass is 9.83. The Balaban J connectivity index is 1.41. The normalized spacial score (nSPS) is 19.5. The van der Waals surface area contributed by atoms with Crippen LogP contribution < -0.4 is 19.9 Å². The van der Waals surface area contributed by atoms with Gasteiger partial charge in [0.05, 0.1) is 25.3 Å². The van der Waals surface area contributed by atoms with E-state index >= 15 is 0 Å². The molecule has 1 amide bonds. The van der Waals surface area contributed by atoms with Gasteiger partial charge in [0.1, 0.15) is 17.4 Å². The number of amides is 1. The largest absolute Gasteiger partial charge is 0.497 e. The zero-order valence-electron chi connectivity index (χ0n) is 18.4. The van der Waals surface area contributed by atoms with E-state index in [0.29, 0.717) is 19.5 Å². The molecule has 1 fully saturated rings. The SMILES string of the molecule is COc1ccc2c(c1)N1CCN(c3cnccn3)C[C@H]1[C@H](C(=O)NCc1cccc(F)c1)C2. The number of hydrogen-bond donors (Lipinski definition) is 1. The Morgan fingerprint density at radius 3 is 2.91 bits per heavy atom. The average Bonchev–Trinajstić information content (AvgIpc) is 2.86. The summed E-state index contributed by atoms with van der Waals surface area (Å²) in [4.78, 5) is 26.5. The summed E-state index contributed by atoms with van der Waals surface area (Å²) in [6, 6.07) is 12.3. The molecule has 0 bridgehead atoms. The Hall–Kier alpha value is -3.68. The minimum atomic E-state index is -0.305. The number of nitrogens with one attached hydrogen (secondary N) is 1. The fraction of sp³-hybridized carbons (Fsp3) is 0.320. The number of ether oxygens (including phenoxy) is 1. The first-order valence-electron chi connectivity index (χ1n) is 11.1. The molecule has 0 spiro atoms. The zero-order valence-corrected chi connectivity index (χ0v) is 18.4. The van der Waals surface area contributed by atoms with Crippen molar-refractivity contribution in [1.29, 1.82) is 0 Å². The lowest BCUT2D eigenvalue weighted by Crippen LogP contribution is -2.61. The van der Waals surface area contributed by atoms with Gasteiger partial charge in [-0.1, -0.05) is 18.2 Å². The maximum atomic E-state index is 13.6. The molecule has 2 atom stereocenters. The van der Waals surface area contributed by atoms with E-state index in [9.17, 15) is 9.18 Å². The number of fused-ring (bicyclic) bond motifs is 3. The van der Waals surface area contributed by atoms with Crippen LogP contribution in [0.1, 0.15) is 11.1 Å². The van der Waals surface area contributed by atoms with Crippen LogP contribution in [0.25, 0.3) is 0 Å². The number of nitrogens with zero attached hydrogens (tertiary/aromatic N) is 4. The number of piperazine rings is 1. The van der Waals surface area contributed by atoms with Crippen molar-refractivity contribution < 1.29 is 13.9 Å². The molecule has 33 heavy (non-hydrogen) atoms. The van der Waals surface area contributed by atoms with Gasteiger partial charge in [-0.3, -0.25) is 9.78 Å². The van der Waals surface area contributed by atoms with Gasteiger partial charge in [0.2, 0.25) is 5.91 Å². The highest BCUT2D eigenvalue weighted by atomic mass is 19.1. The molecular formula is C25H26FN5O2. The molecule has 3 heterocycles. The Morgan fingerprint density at radius 1 is 1.21 bits per heavy atom. The Kier molecular flexibility index (Phi) is 5.81. The zero-order chi connectivity index (χ0) is 22.8. The standard InChI is InChI=1S/C25H26FN5O2/c1-33-20-6-5-18-12-21(25(32)29-14-17-3-2-4-19(26)11-17)23-16-30(24-15-27-7-8-28-24)9-10-31(23)22(18)13-20/h2-8,11,13,15,21,23H,9-10,12,14,16H2,1H3,(H,29,32)/t21-,23+/m1/s1. The summed E-state index contributed by atoms with van der Waals surface area (Å²) in [7, 11) is 1.66. The van der Waals surface area contributed by atoms with Gasteiger partial charge in [0.25, 0.3) is 0 Å². The summed E-state index contributed by atoms with van der Waals surface area (Å²) in [6.07, 6.45) is 5.73. The Labute approximate surface area is 192 Å². The number of hydrogen-bond acceptors (Lipinski definition) is 6. The fourth-order valence-corrected chi connectivity index (χ4v) is 4.83. The van der Waals surface area contributed by atoms with Crippen LogP contribution in [0.2, 0.25) is 0 Å². The van der Waals surface area contributed by atoms with Gasteiger partial charge in [-0.25, -0.2) is 9.37 Å². The number of benzene rings is 2. The number of rotatable bonds is 5. The van der Waals surface area contributed by atoms with Crippen LogP contribution in [0.15, 0.2) is 61.1 Å². The van der Waals surface area contributed by atoms with E-state index in [1.807, 2.05) is 18.2 Å². The first-order chi connectivity index (χ1) is 16.1. The van der Waals surface area contributed by atoms with E-state index in [-0.39, 0.29) is 23.7 Å². The number of carbonyl (C=O) groups is 1. The smallest absolute Gasteiger partial charge is 0.225 e. The summed E-state index contributed by atoms with van der Waals surface area (Å²) in [5.74, 6) is 1.03. The summed E-state index contributed by atoms with van der Waals surface area (Å²) in [5, 5.41) is 3.03. The Bertz CT molecular complexity index is 1140. The van der Waals surface area contributed by atoms with Crippen LogP contribution in [-0.4, -0.2) is 48.7 Å². The van der Waals surface area contributed by atoms with Gasteiger partial charge < -0.3 is 19.9 Å². The van der Waals surface area contributed by atoms with Crippen molar-refractivity contribution in [2.45, 2.75) is 19.0 Å². The van der Waals surface area contributed by atoms with Gasteiger partial charge in [-0.15, -0.1) is 0 Å². The Morgan fingerprint density at radius 2 is 2.12 bits per heavy atom. The van der Waals surface area contributed by atoms with E-state index in [4.69, 9.17) is 4.74 Å². The average molecular weight is 448 g/mol. The van der Waals surface area contributed by atoms with Crippen molar-refractivity contribution in [3.05, 3.63) is 78.0 Å². The third-order valence-electron chi connectivity index (χ3n) is 6.49.